The van der Waals surface area contributed by atoms with Crippen LogP contribution in [0.15, 0.2) is 10.9 Å². The Kier molecular flexibility index (Phi) is 3.57. The summed E-state index contributed by atoms with van der Waals surface area (Å²) in [6.45, 7) is 6.22. The predicted octanol–water partition coefficient (Wildman–Crippen LogP) is 3.05. The van der Waals surface area contributed by atoms with Crippen LogP contribution < -0.4 is 10.5 Å². The Morgan fingerprint density at radius 2 is 1.85 bits per heavy atom. The first kappa shape index (κ1) is 13.7. The Bertz CT molecular complexity index is 519. The molecule has 1 saturated carbocycles. The van der Waals surface area contributed by atoms with Gasteiger partial charge in [0.2, 0.25) is 0 Å². The number of hydrogen-bond donors (Lipinski definition) is 1. The van der Waals surface area contributed by atoms with Crippen molar-refractivity contribution in [3.63, 3.8) is 0 Å². The summed E-state index contributed by atoms with van der Waals surface area (Å²) in [6, 6.07) is 1.65. The van der Waals surface area contributed by atoms with Crippen molar-refractivity contribution in [2.24, 2.45) is 5.41 Å². The van der Waals surface area contributed by atoms with Crippen molar-refractivity contribution < 1.29 is 0 Å². The van der Waals surface area contributed by atoms with Crippen LogP contribution in [0.3, 0.4) is 0 Å². The molecule has 4 nitrogen and oxygen atoms in total. The molecule has 110 valence electrons. The number of hydrogen-bond acceptors (Lipinski definition) is 3. The molecule has 2 aliphatic rings. The van der Waals surface area contributed by atoms with Crippen LogP contribution in [0.25, 0.3) is 0 Å². The smallest absolute Gasteiger partial charge is 0.252 e. The summed E-state index contributed by atoms with van der Waals surface area (Å²) in [6.07, 6.45) is 8.14. The molecule has 2 heterocycles. The minimum absolute atomic E-state index is 0.0279. The van der Waals surface area contributed by atoms with Crippen LogP contribution in [0.2, 0.25) is 0 Å². The molecular formula is C16H25N3O. The monoisotopic (exact) mass is 275 g/mol. The van der Waals surface area contributed by atoms with Crippen molar-refractivity contribution in [2.75, 3.05) is 18.0 Å². The Hall–Kier alpha value is -1.32. The van der Waals surface area contributed by atoms with Crippen molar-refractivity contribution in [1.82, 2.24) is 9.97 Å². The summed E-state index contributed by atoms with van der Waals surface area (Å²) in [4.78, 5) is 21.6. The zero-order chi connectivity index (χ0) is 14.2. The molecule has 1 N–H and O–H groups in total. The molecule has 1 aliphatic heterocycles. The van der Waals surface area contributed by atoms with E-state index < -0.39 is 0 Å². The van der Waals surface area contributed by atoms with Gasteiger partial charge in [-0.15, -0.1) is 0 Å². The van der Waals surface area contributed by atoms with Crippen LogP contribution in [0.4, 0.5) is 5.82 Å². The molecule has 0 unspecified atom stereocenters. The number of piperidine rings is 1. The van der Waals surface area contributed by atoms with Gasteiger partial charge in [-0.25, -0.2) is 4.98 Å². The molecule has 1 aromatic heterocycles. The van der Waals surface area contributed by atoms with E-state index >= 15 is 0 Å². The Balaban J connectivity index is 1.76. The third kappa shape index (κ3) is 2.60. The summed E-state index contributed by atoms with van der Waals surface area (Å²) >= 11 is 0. The number of H-pyrrole nitrogens is 1. The molecule has 0 radical (unpaired) electrons. The zero-order valence-corrected chi connectivity index (χ0v) is 12.6. The number of nitrogens with zero attached hydrogens (tertiary/aromatic N) is 2. The van der Waals surface area contributed by atoms with E-state index in [-0.39, 0.29) is 11.5 Å². The van der Waals surface area contributed by atoms with Crippen LogP contribution in [0.5, 0.6) is 0 Å². The van der Waals surface area contributed by atoms with Gasteiger partial charge in [-0.1, -0.05) is 26.7 Å². The molecule has 0 atom stereocenters. The van der Waals surface area contributed by atoms with Gasteiger partial charge in [0.05, 0.1) is 0 Å². The van der Waals surface area contributed by atoms with Gasteiger partial charge in [-0.3, -0.25) is 4.79 Å². The molecular weight excluding hydrogens is 250 g/mol. The first-order chi connectivity index (χ1) is 9.58. The van der Waals surface area contributed by atoms with E-state index in [0.717, 1.165) is 24.7 Å². The maximum absolute atomic E-state index is 11.8. The van der Waals surface area contributed by atoms with E-state index in [1.165, 1.54) is 38.5 Å². The topological polar surface area (TPSA) is 49.0 Å². The summed E-state index contributed by atoms with van der Waals surface area (Å²) in [5, 5.41) is 0. The number of aromatic amines is 1. The maximum Gasteiger partial charge on any atom is 0.252 e. The Morgan fingerprint density at radius 3 is 2.45 bits per heavy atom. The highest BCUT2D eigenvalue weighted by molar-refractivity contribution is 5.38. The largest absolute Gasteiger partial charge is 0.356 e. The summed E-state index contributed by atoms with van der Waals surface area (Å²) < 4.78 is 0. The summed E-state index contributed by atoms with van der Waals surface area (Å²) in [7, 11) is 0. The highest BCUT2D eigenvalue weighted by Gasteiger charge is 2.37. The average molecular weight is 275 g/mol. The standard InChI is InChI=1S/C16H25N3O/c1-12(2)15-17-13(11-14(20)18-15)19-9-7-16(8-10-19)5-3-4-6-16/h11-12H,3-10H2,1-2H3,(H,17,18,20). The predicted molar refractivity (Wildman–Crippen MR) is 81.3 cm³/mol. The highest BCUT2D eigenvalue weighted by atomic mass is 16.1. The summed E-state index contributed by atoms with van der Waals surface area (Å²) in [5.74, 6) is 1.92. The molecule has 0 aromatic carbocycles. The lowest BCUT2D eigenvalue weighted by atomic mass is 9.77. The number of aromatic nitrogens is 2. The van der Waals surface area contributed by atoms with E-state index in [1.54, 1.807) is 6.07 Å². The third-order valence-electron chi connectivity index (χ3n) is 5.11. The lowest BCUT2D eigenvalue weighted by Gasteiger charge is -2.40. The van der Waals surface area contributed by atoms with Crippen molar-refractivity contribution in [2.45, 2.75) is 58.3 Å². The van der Waals surface area contributed by atoms with Gasteiger partial charge in [-0.05, 0) is 31.1 Å². The van der Waals surface area contributed by atoms with Crippen LogP contribution in [0, 0.1) is 5.41 Å². The fourth-order valence-electron chi connectivity index (χ4n) is 3.73. The lowest BCUT2D eigenvalue weighted by Crippen LogP contribution is -2.39. The SMILES string of the molecule is CC(C)c1nc(N2CCC3(CCCC3)CC2)cc(=O)[nH]1. The minimum Gasteiger partial charge on any atom is -0.356 e. The van der Waals surface area contributed by atoms with E-state index in [4.69, 9.17) is 0 Å². The zero-order valence-electron chi connectivity index (χ0n) is 12.6. The van der Waals surface area contributed by atoms with E-state index in [2.05, 4.69) is 28.7 Å². The van der Waals surface area contributed by atoms with Gasteiger partial charge in [-0.2, -0.15) is 0 Å². The fourth-order valence-corrected chi connectivity index (χ4v) is 3.73. The third-order valence-corrected chi connectivity index (χ3v) is 5.11. The van der Waals surface area contributed by atoms with Crippen LogP contribution in [0.1, 0.15) is 64.1 Å². The maximum atomic E-state index is 11.8. The van der Waals surface area contributed by atoms with Gasteiger partial charge in [0.25, 0.3) is 5.56 Å². The second-order valence-corrected chi connectivity index (χ2v) is 6.84. The fraction of sp³-hybridized carbons (Fsp3) is 0.750. The van der Waals surface area contributed by atoms with Gasteiger partial charge in [0.15, 0.2) is 0 Å². The molecule has 2 fully saturated rings. The van der Waals surface area contributed by atoms with Crippen LogP contribution >= 0.6 is 0 Å². The Labute approximate surface area is 120 Å². The second-order valence-electron chi connectivity index (χ2n) is 6.84. The summed E-state index contributed by atoms with van der Waals surface area (Å²) in [5.41, 5.74) is 0.582. The van der Waals surface area contributed by atoms with Gasteiger partial charge < -0.3 is 9.88 Å². The van der Waals surface area contributed by atoms with E-state index in [9.17, 15) is 4.79 Å². The van der Waals surface area contributed by atoms with Gasteiger partial charge >= 0.3 is 0 Å². The molecule has 0 bridgehead atoms. The van der Waals surface area contributed by atoms with Gasteiger partial charge in [0, 0.05) is 25.1 Å². The molecule has 1 saturated heterocycles. The highest BCUT2D eigenvalue weighted by Crippen LogP contribution is 2.46. The molecule has 1 spiro atoms. The molecule has 3 rings (SSSR count). The van der Waals surface area contributed by atoms with Gasteiger partial charge in [0.1, 0.15) is 11.6 Å². The lowest BCUT2D eigenvalue weighted by molar-refractivity contribution is 0.226. The van der Waals surface area contributed by atoms with Crippen LogP contribution in [-0.2, 0) is 0 Å². The number of rotatable bonds is 2. The number of anilines is 1. The van der Waals surface area contributed by atoms with E-state index in [1.807, 2.05) is 0 Å². The van der Waals surface area contributed by atoms with Crippen molar-refractivity contribution in [3.8, 4) is 0 Å². The van der Waals surface area contributed by atoms with E-state index in [0.29, 0.717) is 5.41 Å². The van der Waals surface area contributed by atoms with Crippen molar-refractivity contribution >= 4 is 5.82 Å². The Morgan fingerprint density at radius 1 is 1.20 bits per heavy atom. The van der Waals surface area contributed by atoms with Crippen molar-refractivity contribution in [1.29, 1.82) is 0 Å². The quantitative estimate of drug-likeness (QED) is 0.902. The normalized spacial score (nSPS) is 21.9. The molecule has 0 amide bonds. The molecule has 1 aliphatic carbocycles. The molecule has 4 heteroatoms. The molecule has 20 heavy (non-hydrogen) atoms. The molecule has 1 aromatic rings. The number of nitrogens with one attached hydrogen (secondary N) is 1. The van der Waals surface area contributed by atoms with Crippen molar-refractivity contribution in [3.05, 3.63) is 22.2 Å². The second kappa shape index (κ2) is 5.23. The van der Waals surface area contributed by atoms with Crippen LogP contribution in [-0.4, -0.2) is 23.1 Å². The minimum atomic E-state index is -0.0279. The average Bonchev–Trinajstić information content (AvgIpc) is 2.87. The first-order valence-electron chi connectivity index (χ1n) is 7.94. The first-order valence-corrected chi connectivity index (χ1v) is 7.94.